The van der Waals surface area contributed by atoms with Crippen LogP contribution in [-0.2, 0) is 38.9 Å². The molecule has 0 saturated heterocycles. The molecule has 180 valence electrons. The summed E-state index contributed by atoms with van der Waals surface area (Å²) in [6.07, 6.45) is 1.38. The van der Waals surface area contributed by atoms with E-state index in [0.717, 1.165) is 28.8 Å². The van der Waals surface area contributed by atoms with Crippen molar-refractivity contribution in [1.29, 1.82) is 0 Å². The number of carbonyl (C=O) groups excluding carboxylic acids is 2. The molecule has 1 amide bonds. The molecule has 5 rings (SSSR count). The second-order valence-corrected chi connectivity index (χ2v) is 10.8. The third-order valence-electron chi connectivity index (χ3n) is 6.61. The Morgan fingerprint density at radius 1 is 0.943 bits per heavy atom. The van der Waals surface area contributed by atoms with Gasteiger partial charge in [0.05, 0.1) is 10.5 Å². The number of nitrogens with zero attached hydrogens (tertiary/aromatic N) is 2. The second kappa shape index (κ2) is 9.28. The first kappa shape index (κ1) is 23.3. The fourth-order valence-corrected chi connectivity index (χ4v) is 6.30. The highest BCUT2D eigenvalue weighted by Crippen LogP contribution is 2.32. The number of ether oxygens (including phenoxy) is 1. The predicted octanol–water partition coefficient (Wildman–Crippen LogP) is 3.57. The molecule has 0 aliphatic carbocycles. The number of esters is 1. The van der Waals surface area contributed by atoms with E-state index in [1.165, 1.54) is 28.6 Å². The Kier molecular flexibility index (Phi) is 6.17. The van der Waals surface area contributed by atoms with E-state index in [9.17, 15) is 18.0 Å². The smallest absolute Gasteiger partial charge is 0.338 e. The number of amides is 1. The van der Waals surface area contributed by atoms with Crippen LogP contribution in [0.1, 0.15) is 34.0 Å². The highest BCUT2D eigenvalue weighted by Gasteiger charge is 2.32. The molecule has 1 atom stereocenters. The van der Waals surface area contributed by atoms with Crippen molar-refractivity contribution in [1.82, 2.24) is 4.31 Å². The number of sulfonamides is 1. The third kappa shape index (κ3) is 4.47. The number of carbonyl (C=O) groups is 2. The summed E-state index contributed by atoms with van der Waals surface area (Å²) >= 11 is 0. The van der Waals surface area contributed by atoms with Crippen molar-refractivity contribution in [3.05, 3.63) is 95.1 Å². The van der Waals surface area contributed by atoms with Crippen LogP contribution in [0.5, 0.6) is 0 Å². The van der Waals surface area contributed by atoms with E-state index in [0.29, 0.717) is 13.0 Å². The average Bonchev–Trinajstić information content (AvgIpc) is 3.22. The summed E-state index contributed by atoms with van der Waals surface area (Å²) in [6, 6.07) is 21.2. The SMILES string of the molecule is C[C@@H]1Cc2ccccc2N1C(=O)COC(=O)c1cccc(S(=O)(=O)N2CCc3ccccc3C2)c1. The van der Waals surface area contributed by atoms with Gasteiger partial charge in [-0.3, -0.25) is 4.79 Å². The lowest BCUT2D eigenvalue weighted by molar-refractivity contribution is -0.122. The first-order valence-electron chi connectivity index (χ1n) is 11.6. The maximum Gasteiger partial charge on any atom is 0.338 e. The lowest BCUT2D eigenvalue weighted by Gasteiger charge is -2.28. The Morgan fingerprint density at radius 3 is 2.46 bits per heavy atom. The number of anilines is 1. The van der Waals surface area contributed by atoms with E-state index >= 15 is 0 Å². The fraction of sp³-hybridized carbons (Fsp3) is 0.259. The number of hydrogen-bond donors (Lipinski definition) is 0. The summed E-state index contributed by atoms with van der Waals surface area (Å²) in [6.45, 7) is 2.19. The van der Waals surface area contributed by atoms with Gasteiger partial charge in [0.15, 0.2) is 6.61 Å². The van der Waals surface area contributed by atoms with Gasteiger partial charge in [0.25, 0.3) is 5.91 Å². The molecule has 2 aliphatic heterocycles. The zero-order valence-corrected chi connectivity index (χ0v) is 20.2. The lowest BCUT2D eigenvalue weighted by Crippen LogP contribution is -2.38. The number of benzene rings is 3. The van der Waals surface area contributed by atoms with Gasteiger partial charge in [0.2, 0.25) is 10.0 Å². The van der Waals surface area contributed by atoms with E-state index in [1.807, 2.05) is 55.5 Å². The minimum absolute atomic E-state index is 0.0262. The van der Waals surface area contributed by atoms with E-state index in [1.54, 1.807) is 4.90 Å². The molecule has 3 aromatic rings. The van der Waals surface area contributed by atoms with Crippen molar-refractivity contribution in [3.63, 3.8) is 0 Å². The van der Waals surface area contributed by atoms with E-state index < -0.39 is 22.6 Å². The Balaban J connectivity index is 1.28. The van der Waals surface area contributed by atoms with Crippen LogP contribution in [0.3, 0.4) is 0 Å². The highest BCUT2D eigenvalue weighted by molar-refractivity contribution is 7.89. The van der Waals surface area contributed by atoms with E-state index in [2.05, 4.69) is 0 Å². The zero-order chi connectivity index (χ0) is 24.6. The molecular formula is C27H26N2O5S. The van der Waals surface area contributed by atoms with Crippen LogP contribution in [0.2, 0.25) is 0 Å². The van der Waals surface area contributed by atoms with Crippen LogP contribution in [0.15, 0.2) is 77.7 Å². The molecule has 0 aromatic heterocycles. The standard InChI is InChI=1S/C27H26N2O5S/c1-19-15-21-8-4-5-12-25(21)29(19)26(30)18-34-27(31)22-10-6-11-24(16-22)35(32,33)28-14-13-20-7-2-3-9-23(20)17-28/h2-12,16,19H,13-15,17-18H2,1H3/t19-/m1/s1. The Labute approximate surface area is 205 Å². The van der Waals surface area contributed by atoms with Gasteiger partial charge in [0.1, 0.15) is 0 Å². The van der Waals surface area contributed by atoms with E-state index in [4.69, 9.17) is 4.74 Å². The quantitative estimate of drug-likeness (QED) is 0.511. The van der Waals surface area contributed by atoms with Crippen molar-refractivity contribution in [2.45, 2.75) is 37.2 Å². The van der Waals surface area contributed by atoms with Gasteiger partial charge in [-0.1, -0.05) is 48.5 Å². The highest BCUT2D eigenvalue weighted by atomic mass is 32.2. The molecule has 2 heterocycles. The van der Waals surface area contributed by atoms with Gasteiger partial charge >= 0.3 is 5.97 Å². The molecule has 0 unspecified atom stereocenters. The molecule has 0 bridgehead atoms. The van der Waals surface area contributed by atoms with Gasteiger partial charge in [-0.2, -0.15) is 4.31 Å². The molecule has 2 aliphatic rings. The topological polar surface area (TPSA) is 84.0 Å². The number of para-hydroxylation sites is 1. The third-order valence-corrected chi connectivity index (χ3v) is 8.45. The molecule has 0 spiro atoms. The maximum absolute atomic E-state index is 13.3. The summed E-state index contributed by atoms with van der Waals surface area (Å²) in [5.74, 6) is -1.05. The summed E-state index contributed by atoms with van der Waals surface area (Å²) < 4.78 is 33.3. The first-order chi connectivity index (χ1) is 16.8. The predicted molar refractivity (Wildman–Crippen MR) is 132 cm³/mol. The van der Waals surface area contributed by atoms with Gasteiger partial charge in [-0.05, 0) is 60.7 Å². The van der Waals surface area contributed by atoms with Crippen molar-refractivity contribution in [2.75, 3.05) is 18.1 Å². The minimum atomic E-state index is -3.80. The number of fused-ring (bicyclic) bond motifs is 2. The summed E-state index contributed by atoms with van der Waals surface area (Å²) in [5, 5.41) is 0. The van der Waals surface area contributed by atoms with Crippen molar-refractivity contribution < 1.29 is 22.7 Å². The Bertz CT molecular complexity index is 1400. The van der Waals surface area contributed by atoms with Crippen LogP contribution in [0.4, 0.5) is 5.69 Å². The molecule has 0 radical (unpaired) electrons. The average molecular weight is 491 g/mol. The van der Waals surface area contributed by atoms with Crippen molar-refractivity contribution >= 4 is 27.6 Å². The molecule has 0 N–H and O–H groups in total. The molecule has 3 aromatic carbocycles. The largest absolute Gasteiger partial charge is 0.452 e. The van der Waals surface area contributed by atoms with Crippen molar-refractivity contribution in [3.8, 4) is 0 Å². The van der Waals surface area contributed by atoms with Crippen LogP contribution in [0.25, 0.3) is 0 Å². The fourth-order valence-electron chi connectivity index (χ4n) is 4.83. The van der Waals surface area contributed by atoms with Crippen LogP contribution < -0.4 is 4.90 Å². The minimum Gasteiger partial charge on any atom is -0.452 e. The van der Waals surface area contributed by atoms with Gasteiger partial charge in [-0.25, -0.2) is 13.2 Å². The Morgan fingerprint density at radius 2 is 1.66 bits per heavy atom. The van der Waals surface area contributed by atoms with E-state index in [-0.39, 0.29) is 29.0 Å². The van der Waals surface area contributed by atoms with Gasteiger partial charge < -0.3 is 9.64 Å². The normalized spacial score (nSPS) is 17.5. The molecule has 0 saturated carbocycles. The van der Waals surface area contributed by atoms with Crippen LogP contribution in [0, 0.1) is 0 Å². The molecular weight excluding hydrogens is 464 g/mol. The summed E-state index contributed by atoms with van der Waals surface area (Å²) in [4.78, 5) is 27.2. The van der Waals surface area contributed by atoms with Gasteiger partial charge in [-0.15, -0.1) is 0 Å². The molecule has 35 heavy (non-hydrogen) atoms. The summed E-state index contributed by atoms with van der Waals surface area (Å²) in [5.41, 5.74) is 4.13. The monoisotopic (exact) mass is 490 g/mol. The number of rotatable bonds is 5. The van der Waals surface area contributed by atoms with Crippen molar-refractivity contribution in [2.24, 2.45) is 0 Å². The second-order valence-electron chi connectivity index (χ2n) is 8.91. The first-order valence-corrected chi connectivity index (χ1v) is 13.0. The number of hydrogen-bond acceptors (Lipinski definition) is 5. The van der Waals surface area contributed by atoms with Crippen LogP contribution in [-0.4, -0.2) is 43.8 Å². The summed E-state index contributed by atoms with van der Waals surface area (Å²) in [7, 11) is -3.80. The lowest BCUT2D eigenvalue weighted by atomic mass is 10.0. The molecule has 7 nitrogen and oxygen atoms in total. The molecule has 0 fully saturated rings. The molecule has 8 heteroatoms. The zero-order valence-electron chi connectivity index (χ0n) is 19.4. The Hall–Kier alpha value is -3.49. The van der Waals surface area contributed by atoms with Crippen LogP contribution >= 0.6 is 0 Å². The maximum atomic E-state index is 13.3. The van der Waals surface area contributed by atoms with Gasteiger partial charge in [0, 0.05) is 24.8 Å².